The first-order valence-electron chi connectivity index (χ1n) is 22.8. The molecule has 3 aromatic heterocycles. The van der Waals surface area contributed by atoms with Crippen LogP contribution in [0, 0.1) is 5.41 Å². The van der Waals surface area contributed by atoms with Crippen LogP contribution in [0.5, 0.6) is 0 Å². The van der Waals surface area contributed by atoms with Crippen LogP contribution in [0.3, 0.4) is 0 Å². The van der Waals surface area contributed by atoms with E-state index in [2.05, 4.69) is 185 Å². The number of esters is 1. The van der Waals surface area contributed by atoms with Crippen molar-refractivity contribution >= 4 is 132 Å². The number of hydrogen-bond acceptors (Lipinski definition) is 7. The molecule has 0 bridgehead atoms. The van der Waals surface area contributed by atoms with E-state index in [0.29, 0.717) is 18.8 Å². The average Bonchev–Trinajstić information content (AvgIpc) is 4.06. The lowest BCUT2D eigenvalue weighted by molar-refractivity contribution is -0.137. The van der Waals surface area contributed by atoms with Gasteiger partial charge in [-0.25, -0.2) is 14.6 Å². The number of thiazole rings is 1. The predicted molar refractivity (Wildman–Crippen MR) is 282 cm³/mol. The molecular formula is C58H44N4O4S2. The number of rotatable bonds is 13. The van der Waals surface area contributed by atoms with Crippen molar-refractivity contribution in [1.29, 1.82) is 0 Å². The maximum Gasteiger partial charge on any atom is 0.407 e. The van der Waals surface area contributed by atoms with Crippen LogP contribution in [-0.2, 0) is 27.4 Å². The number of hydrogen-bond donors (Lipinski definition) is 1. The lowest BCUT2D eigenvalue weighted by Crippen LogP contribution is -2.41. The van der Waals surface area contributed by atoms with E-state index in [-0.39, 0.29) is 19.8 Å². The van der Waals surface area contributed by atoms with E-state index < -0.39 is 17.5 Å². The summed E-state index contributed by atoms with van der Waals surface area (Å²) in [6.45, 7) is 4.61. The second-order valence-electron chi connectivity index (χ2n) is 17.5. The van der Waals surface area contributed by atoms with Gasteiger partial charge in [0.2, 0.25) is 0 Å². The highest BCUT2D eigenvalue weighted by molar-refractivity contribution is 8.01. The monoisotopic (exact) mass is 924 g/mol. The van der Waals surface area contributed by atoms with Crippen LogP contribution in [0.4, 0.5) is 4.79 Å². The highest BCUT2D eigenvalue weighted by atomic mass is 32.2. The molecule has 8 nitrogen and oxygen atoms in total. The fourth-order valence-corrected chi connectivity index (χ4v) is 12.5. The maximum atomic E-state index is 13.9. The Kier molecular flexibility index (Phi) is 10.6. The van der Waals surface area contributed by atoms with E-state index in [9.17, 15) is 9.59 Å². The number of aromatic nitrogens is 3. The third kappa shape index (κ3) is 7.28. The SMILES string of the molecule is C=CC(=O)OCCNC(=O)OCC(CSc1nc2ccccc2s1)(Cn1c2ccc3ccccc3c2c2c3ccccc3ccc21)Cn1c2ccc3ccccc3c2c2c3ccccc3ccc21. The fourth-order valence-electron chi connectivity index (χ4n) is 10.3. The Labute approximate surface area is 399 Å². The van der Waals surface area contributed by atoms with Gasteiger partial charge in [0.05, 0.1) is 16.8 Å². The third-order valence-corrected chi connectivity index (χ3v) is 15.9. The van der Waals surface area contributed by atoms with E-state index in [1.54, 1.807) is 23.1 Å². The molecule has 0 unspecified atom stereocenters. The molecule has 0 saturated heterocycles. The zero-order valence-electron chi connectivity index (χ0n) is 37.0. The van der Waals surface area contributed by atoms with Gasteiger partial charge in [0.25, 0.3) is 0 Å². The van der Waals surface area contributed by atoms with Gasteiger partial charge in [0.1, 0.15) is 13.2 Å². The lowest BCUT2D eigenvalue weighted by atomic mass is 9.90. The van der Waals surface area contributed by atoms with Crippen molar-refractivity contribution in [3.8, 4) is 0 Å². The summed E-state index contributed by atoms with van der Waals surface area (Å²) in [4.78, 5) is 30.9. The summed E-state index contributed by atoms with van der Waals surface area (Å²) in [6.07, 6.45) is 0.517. The van der Waals surface area contributed by atoms with Gasteiger partial charge >= 0.3 is 12.1 Å². The van der Waals surface area contributed by atoms with E-state index in [1.165, 1.54) is 64.6 Å². The molecule has 0 aliphatic rings. The Morgan fingerprint density at radius 2 is 1.03 bits per heavy atom. The van der Waals surface area contributed by atoms with Crippen molar-refractivity contribution in [2.45, 2.75) is 17.4 Å². The molecular weight excluding hydrogens is 881 g/mol. The van der Waals surface area contributed by atoms with Crippen LogP contribution >= 0.6 is 23.1 Å². The molecule has 0 aliphatic heterocycles. The minimum absolute atomic E-state index is 0.00886. The number of benzene rings is 9. The van der Waals surface area contributed by atoms with Gasteiger partial charge in [-0.3, -0.25) is 0 Å². The van der Waals surface area contributed by atoms with Crippen molar-refractivity contribution in [2.75, 3.05) is 25.5 Å². The molecule has 0 atom stereocenters. The molecule has 1 N–H and O–H groups in total. The fraction of sp³-hybridized carbons (Fsp3) is 0.121. The molecule has 12 aromatic rings. The summed E-state index contributed by atoms with van der Waals surface area (Å²) < 4.78 is 18.6. The van der Waals surface area contributed by atoms with Crippen molar-refractivity contribution < 1.29 is 19.1 Å². The Morgan fingerprint density at radius 3 is 1.49 bits per heavy atom. The predicted octanol–water partition coefficient (Wildman–Crippen LogP) is 14.1. The molecule has 0 fully saturated rings. The van der Waals surface area contributed by atoms with Crippen LogP contribution < -0.4 is 5.32 Å². The number of carbonyl (C=O) groups excluding carboxylic acids is 2. The van der Waals surface area contributed by atoms with Crippen molar-refractivity contribution in [3.05, 3.63) is 183 Å². The van der Waals surface area contributed by atoms with Crippen molar-refractivity contribution in [2.24, 2.45) is 5.41 Å². The highest BCUT2D eigenvalue weighted by Crippen LogP contribution is 2.45. The smallest absolute Gasteiger partial charge is 0.407 e. The van der Waals surface area contributed by atoms with Crippen LogP contribution in [-0.4, -0.2) is 51.7 Å². The first kappa shape index (κ1) is 41.7. The Balaban J connectivity index is 1.09. The number of para-hydroxylation sites is 1. The van der Waals surface area contributed by atoms with Crippen molar-refractivity contribution in [1.82, 2.24) is 19.4 Å². The first-order valence-corrected chi connectivity index (χ1v) is 24.6. The summed E-state index contributed by atoms with van der Waals surface area (Å²) in [5, 5.41) is 17.1. The number of nitrogens with zero attached hydrogens (tertiary/aromatic N) is 3. The quantitative estimate of drug-likeness (QED) is 0.0536. The second-order valence-corrected chi connectivity index (χ2v) is 19.8. The molecule has 10 heteroatoms. The molecule has 332 valence electrons. The summed E-state index contributed by atoms with van der Waals surface area (Å²) >= 11 is 3.39. The average molecular weight is 925 g/mol. The number of nitrogens with one attached hydrogen (secondary N) is 1. The zero-order chi connectivity index (χ0) is 45.8. The number of alkyl carbamates (subject to hydrolysis) is 1. The molecule has 3 heterocycles. The van der Waals surface area contributed by atoms with Crippen LogP contribution in [0.2, 0.25) is 0 Å². The molecule has 12 rings (SSSR count). The summed E-state index contributed by atoms with van der Waals surface area (Å²) in [7, 11) is 0. The third-order valence-electron chi connectivity index (χ3n) is 13.3. The van der Waals surface area contributed by atoms with Gasteiger partial charge in [0, 0.05) is 73.9 Å². The lowest BCUT2D eigenvalue weighted by Gasteiger charge is -2.35. The molecule has 0 spiro atoms. The number of ether oxygens (including phenoxy) is 2. The van der Waals surface area contributed by atoms with Gasteiger partial charge < -0.3 is 23.9 Å². The van der Waals surface area contributed by atoms with Gasteiger partial charge in [-0.05, 0) is 79.5 Å². The van der Waals surface area contributed by atoms with E-state index in [4.69, 9.17) is 14.5 Å². The topological polar surface area (TPSA) is 87.4 Å². The molecule has 0 radical (unpaired) electrons. The van der Waals surface area contributed by atoms with Crippen molar-refractivity contribution in [3.63, 3.8) is 0 Å². The van der Waals surface area contributed by atoms with E-state index in [0.717, 1.165) is 42.7 Å². The zero-order valence-corrected chi connectivity index (χ0v) is 38.6. The van der Waals surface area contributed by atoms with Gasteiger partial charge in [-0.15, -0.1) is 11.3 Å². The summed E-state index contributed by atoms with van der Waals surface area (Å²) in [5.74, 6) is 0.00588. The van der Waals surface area contributed by atoms with Crippen LogP contribution in [0.1, 0.15) is 0 Å². The number of carbonyl (C=O) groups is 2. The van der Waals surface area contributed by atoms with Gasteiger partial charge in [-0.1, -0.05) is 152 Å². The van der Waals surface area contributed by atoms with Gasteiger partial charge in [0.15, 0.2) is 4.34 Å². The number of amides is 1. The Bertz CT molecular complexity index is 3570. The second kappa shape index (κ2) is 17.2. The number of fused-ring (bicyclic) bond motifs is 15. The molecule has 68 heavy (non-hydrogen) atoms. The molecule has 0 aliphatic carbocycles. The van der Waals surface area contributed by atoms with E-state index >= 15 is 0 Å². The summed E-state index contributed by atoms with van der Waals surface area (Å²) in [6, 6.07) is 60.7. The first-order chi connectivity index (χ1) is 33.4. The molecule has 1 amide bonds. The normalized spacial score (nSPS) is 12.1. The van der Waals surface area contributed by atoms with Crippen LogP contribution in [0.15, 0.2) is 187 Å². The minimum Gasteiger partial charge on any atom is -0.461 e. The minimum atomic E-state index is -0.762. The molecule has 0 saturated carbocycles. The van der Waals surface area contributed by atoms with Crippen LogP contribution in [0.25, 0.3) is 96.9 Å². The number of thioether (sulfide) groups is 1. The standard InChI is InChI=1S/C58H44N4O4S2/c1-2-51(63)65-32-31-59-56(64)66-35-58(36-67-57-60-45-21-11-12-22-50(45)68-57,33-61-46-27-23-37-13-3-7-17-41(37)52(46)53-42-18-8-4-14-38(42)24-28-47(53)61)34-62-48-29-25-39-15-5-9-19-43(39)54(48)55-44-20-10-6-16-40(44)26-30-49(55)62/h2-30H,1,31-36H2,(H,59,64). The van der Waals surface area contributed by atoms with E-state index in [1.807, 2.05) is 6.07 Å². The largest absolute Gasteiger partial charge is 0.461 e. The Hall–Kier alpha value is -7.66. The molecule has 9 aromatic carbocycles. The Morgan fingerprint density at radius 1 is 0.588 bits per heavy atom. The maximum absolute atomic E-state index is 13.9. The highest BCUT2D eigenvalue weighted by Gasteiger charge is 2.37. The van der Waals surface area contributed by atoms with Gasteiger partial charge in [-0.2, -0.15) is 0 Å². The summed E-state index contributed by atoms with van der Waals surface area (Å²) in [5.41, 5.74) is 4.63.